The summed E-state index contributed by atoms with van der Waals surface area (Å²) in [7, 11) is 0. The molecular weight excluding hydrogens is 140 g/mol. The van der Waals surface area contributed by atoms with Crippen LogP contribution in [0.5, 0.6) is 0 Å². The fraction of sp³-hybridized carbons (Fsp3) is 1.00. The maximum absolute atomic E-state index is 8.87. The third kappa shape index (κ3) is 9.88. The van der Waals surface area contributed by atoms with E-state index < -0.39 is 0 Å². The third-order valence-corrected chi connectivity index (χ3v) is 1.45. The van der Waals surface area contributed by atoms with Gasteiger partial charge >= 0.3 is 0 Å². The van der Waals surface area contributed by atoms with E-state index in [9.17, 15) is 0 Å². The average molecular weight is 160 g/mol. The van der Waals surface area contributed by atoms with Crippen LogP contribution >= 0.6 is 0 Å². The summed E-state index contributed by atoms with van der Waals surface area (Å²) < 4.78 is 0. The highest BCUT2D eigenvalue weighted by Crippen LogP contribution is 1.90. The molecule has 3 heteroatoms. The Morgan fingerprint density at radius 3 is 2.55 bits per heavy atom. The zero-order valence-electron chi connectivity index (χ0n) is 7.51. The largest absolute Gasteiger partial charge is 0.392 e. The lowest BCUT2D eigenvalue weighted by Crippen LogP contribution is -2.26. The standard InChI is InChI=1S/C8H20N2O/c1-7(9)4-3-5-10-6-8(2)11/h7-8,10-11H,3-6,9H2,1-2H3. The zero-order chi connectivity index (χ0) is 8.69. The number of rotatable bonds is 6. The van der Waals surface area contributed by atoms with Gasteiger partial charge in [0.25, 0.3) is 0 Å². The average Bonchev–Trinajstić information content (AvgIpc) is 1.85. The molecule has 0 aromatic carbocycles. The van der Waals surface area contributed by atoms with E-state index in [4.69, 9.17) is 10.8 Å². The van der Waals surface area contributed by atoms with Crippen molar-refractivity contribution in [3.05, 3.63) is 0 Å². The summed E-state index contributed by atoms with van der Waals surface area (Å²) in [5.74, 6) is 0. The van der Waals surface area contributed by atoms with Gasteiger partial charge in [0.05, 0.1) is 6.10 Å². The van der Waals surface area contributed by atoms with Crippen LogP contribution in [0.3, 0.4) is 0 Å². The van der Waals surface area contributed by atoms with Crippen LogP contribution in [-0.2, 0) is 0 Å². The molecule has 0 saturated carbocycles. The Morgan fingerprint density at radius 2 is 2.09 bits per heavy atom. The summed E-state index contributed by atoms with van der Waals surface area (Å²) in [6.45, 7) is 5.42. The van der Waals surface area contributed by atoms with E-state index in [1.54, 1.807) is 6.92 Å². The van der Waals surface area contributed by atoms with Crippen LogP contribution in [0, 0.1) is 0 Å². The van der Waals surface area contributed by atoms with Gasteiger partial charge in [0.1, 0.15) is 0 Å². The van der Waals surface area contributed by atoms with Crippen molar-refractivity contribution in [1.82, 2.24) is 5.32 Å². The highest BCUT2D eigenvalue weighted by atomic mass is 16.3. The molecule has 0 aliphatic heterocycles. The molecular formula is C8H20N2O. The lowest BCUT2D eigenvalue weighted by Gasteiger charge is -2.07. The molecule has 0 aromatic heterocycles. The quantitative estimate of drug-likeness (QED) is 0.482. The van der Waals surface area contributed by atoms with Crippen molar-refractivity contribution < 1.29 is 5.11 Å². The minimum Gasteiger partial charge on any atom is -0.392 e. The molecule has 3 nitrogen and oxygen atoms in total. The lowest BCUT2D eigenvalue weighted by atomic mass is 10.2. The van der Waals surface area contributed by atoms with Crippen molar-refractivity contribution in [2.24, 2.45) is 5.73 Å². The molecule has 2 atom stereocenters. The van der Waals surface area contributed by atoms with Crippen LogP contribution in [0.1, 0.15) is 26.7 Å². The van der Waals surface area contributed by atoms with Crippen LogP contribution < -0.4 is 11.1 Å². The summed E-state index contributed by atoms with van der Waals surface area (Å²) in [6.07, 6.45) is 1.89. The fourth-order valence-electron chi connectivity index (χ4n) is 0.860. The first kappa shape index (κ1) is 10.9. The van der Waals surface area contributed by atoms with E-state index in [1.165, 1.54) is 0 Å². The molecule has 0 saturated heterocycles. The maximum Gasteiger partial charge on any atom is 0.0636 e. The first-order chi connectivity index (χ1) is 5.13. The fourth-order valence-corrected chi connectivity index (χ4v) is 0.860. The molecule has 0 bridgehead atoms. The topological polar surface area (TPSA) is 58.3 Å². The molecule has 0 aliphatic carbocycles. The van der Waals surface area contributed by atoms with Gasteiger partial charge in [-0.15, -0.1) is 0 Å². The van der Waals surface area contributed by atoms with Crippen molar-refractivity contribution in [1.29, 1.82) is 0 Å². The normalized spacial score (nSPS) is 16.4. The van der Waals surface area contributed by atoms with E-state index in [1.807, 2.05) is 6.92 Å². The Hall–Kier alpha value is -0.120. The molecule has 0 fully saturated rings. The van der Waals surface area contributed by atoms with Gasteiger partial charge in [-0.3, -0.25) is 0 Å². The predicted octanol–water partition coefficient (Wildman–Crippen LogP) is 0.0842. The number of aliphatic hydroxyl groups excluding tert-OH is 1. The minimum absolute atomic E-state index is 0.245. The second kappa shape index (κ2) is 6.58. The molecule has 0 aliphatic rings. The van der Waals surface area contributed by atoms with Gasteiger partial charge < -0.3 is 16.2 Å². The summed E-state index contributed by atoms with van der Waals surface area (Å²) in [6, 6.07) is 0.295. The van der Waals surface area contributed by atoms with Crippen molar-refractivity contribution in [2.45, 2.75) is 38.8 Å². The van der Waals surface area contributed by atoms with Crippen LogP contribution in [0.2, 0.25) is 0 Å². The number of nitrogens with two attached hydrogens (primary N) is 1. The van der Waals surface area contributed by atoms with Crippen molar-refractivity contribution in [2.75, 3.05) is 13.1 Å². The van der Waals surface area contributed by atoms with E-state index >= 15 is 0 Å². The summed E-state index contributed by atoms with van der Waals surface area (Å²) in [4.78, 5) is 0. The van der Waals surface area contributed by atoms with Crippen LogP contribution in [-0.4, -0.2) is 30.3 Å². The van der Waals surface area contributed by atoms with Crippen LogP contribution in [0.15, 0.2) is 0 Å². The second-order valence-corrected chi connectivity index (χ2v) is 3.17. The summed E-state index contributed by atoms with van der Waals surface area (Å²) >= 11 is 0. The first-order valence-electron chi connectivity index (χ1n) is 4.27. The molecule has 0 heterocycles. The Labute approximate surface area is 69.0 Å². The molecule has 11 heavy (non-hydrogen) atoms. The van der Waals surface area contributed by atoms with Gasteiger partial charge in [0.2, 0.25) is 0 Å². The van der Waals surface area contributed by atoms with Crippen LogP contribution in [0.25, 0.3) is 0 Å². The van der Waals surface area contributed by atoms with Gasteiger partial charge in [-0.2, -0.15) is 0 Å². The summed E-state index contributed by atoms with van der Waals surface area (Å²) in [5, 5.41) is 12.0. The molecule has 2 unspecified atom stereocenters. The summed E-state index contributed by atoms with van der Waals surface area (Å²) in [5.41, 5.74) is 5.56. The lowest BCUT2D eigenvalue weighted by molar-refractivity contribution is 0.191. The molecule has 68 valence electrons. The smallest absolute Gasteiger partial charge is 0.0636 e. The maximum atomic E-state index is 8.87. The Bertz CT molecular complexity index is 74.2. The molecule has 0 radical (unpaired) electrons. The molecule has 0 spiro atoms. The molecule has 0 rings (SSSR count). The Kier molecular flexibility index (Phi) is 6.51. The van der Waals surface area contributed by atoms with Gasteiger partial charge in [-0.1, -0.05) is 0 Å². The minimum atomic E-state index is -0.245. The monoisotopic (exact) mass is 160 g/mol. The molecule has 0 aromatic rings. The van der Waals surface area contributed by atoms with Crippen LogP contribution in [0.4, 0.5) is 0 Å². The number of hydrogen-bond acceptors (Lipinski definition) is 3. The Balaban J connectivity index is 2.91. The van der Waals surface area contributed by atoms with Gasteiger partial charge in [0.15, 0.2) is 0 Å². The van der Waals surface area contributed by atoms with Gasteiger partial charge in [0, 0.05) is 12.6 Å². The third-order valence-electron chi connectivity index (χ3n) is 1.45. The molecule has 0 amide bonds. The van der Waals surface area contributed by atoms with E-state index in [2.05, 4.69) is 5.32 Å². The SMILES string of the molecule is CC(N)CCCNCC(C)O. The zero-order valence-corrected chi connectivity index (χ0v) is 7.51. The second-order valence-electron chi connectivity index (χ2n) is 3.17. The number of aliphatic hydroxyl groups is 1. The number of hydrogen-bond donors (Lipinski definition) is 3. The van der Waals surface area contributed by atoms with E-state index in [0.29, 0.717) is 12.6 Å². The van der Waals surface area contributed by atoms with E-state index in [0.717, 1.165) is 19.4 Å². The van der Waals surface area contributed by atoms with Crippen molar-refractivity contribution in [3.8, 4) is 0 Å². The van der Waals surface area contributed by atoms with Crippen molar-refractivity contribution >= 4 is 0 Å². The molecule has 4 N–H and O–H groups in total. The van der Waals surface area contributed by atoms with Gasteiger partial charge in [-0.05, 0) is 33.2 Å². The Morgan fingerprint density at radius 1 is 1.45 bits per heavy atom. The first-order valence-corrected chi connectivity index (χ1v) is 4.27. The predicted molar refractivity (Wildman–Crippen MR) is 47.4 cm³/mol. The highest BCUT2D eigenvalue weighted by molar-refractivity contribution is 4.56. The highest BCUT2D eigenvalue weighted by Gasteiger charge is 1.95. The van der Waals surface area contributed by atoms with Crippen molar-refractivity contribution in [3.63, 3.8) is 0 Å². The van der Waals surface area contributed by atoms with E-state index in [-0.39, 0.29) is 6.10 Å². The number of nitrogens with one attached hydrogen (secondary N) is 1. The van der Waals surface area contributed by atoms with Gasteiger partial charge in [-0.25, -0.2) is 0 Å².